The fourth-order valence-electron chi connectivity index (χ4n) is 2.86. The minimum absolute atomic E-state index is 0.175. The van der Waals surface area contributed by atoms with Crippen LogP contribution in [0.25, 0.3) is 0 Å². The van der Waals surface area contributed by atoms with Gasteiger partial charge in [0.1, 0.15) is 6.04 Å². The van der Waals surface area contributed by atoms with E-state index in [1.807, 2.05) is 51.1 Å². The van der Waals surface area contributed by atoms with Crippen LogP contribution in [0, 0.1) is 0 Å². The van der Waals surface area contributed by atoms with Crippen molar-refractivity contribution in [2.75, 3.05) is 4.90 Å². The first kappa shape index (κ1) is 21.0. The second-order valence-corrected chi connectivity index (χ2v) is 8.54. The van der Waals surface area contributed by atoms with E-state index in [0.717, 1.165) is 11.5 Å². The summed E-state index contributed by atoms with van der Waals surface area (Å²) in [5.74, 6) is -0.714. The highest BCUT2D eigenvalue weighted by Crippen LogP contribution is 2.31. The highest BCUT2D eigenvalue weighted by atomic mass is 35.5. The molecule has 8 heteroatoms. The zero-order chi connectivity index (χ0) is 21.0. The maximum Gasteiger partial charge on any atom is 0.280 e. The molecule has 0 bridgehead atoms. The molecule has 150 valence electrons. The fourth-order valence-corrected chi connectivity index (χ4v) is 3.41. The molecule has 0 radical (unpaired) electrons. The number of hydrogen-bond donors (Lipinski definition) is 1. The molecule has 6 nitrogen and oxygen atoms in total. The molecule has 0 spiro atoms. The van der Waals surface area contributed by atoms with Crippen molar-refractivity contribution in [2.24, 2.45) is 0 Å². The molecule has 0 fully saturated rings. The quantitative estimate of drug-likeness (QED) is 0.649. The number of hydrogen-bond acceptors (Lipinski definition) is 5. The van der Waals surface area contributed by atoms with Gasteiger partial charge in [-0.15, -0.1) is 5.10 Å². The van der Waals surface area contributed by atoms with E-state index in [2.05, 4.69) is 14.9 Å². The zero-order valence-corrected chi connectivity index (χ0v) is 17.9. The van der Waals surface area contributed by atoms with Crippen molar-refractivity contribution in [3.63, 3.8) is 0 Å². The minimum Gasteiger partial charge on any atom is -0.349 e. The largest absolute Gasteiger partial charge is 0.349 e. The maximum absolute atomic E-state index is 13.4. The lowest BCUT2D eigenvalue weighted by Gasteiger charge is -2.33. The molecule has 1 N–H and O–H groups in total. The number of halogens is 1. The topological polar surface area (TPSA) is 75.2 Å². The van der Waals surface area contributed by atoms with Crippen LogP contribution in [-0.4, -0.2) is 26.9 Å². The Kier molecular flexibility index (Phi) is 6.30. The van der Waals surface area contributed by atoms with Crippen molar-refractivity contribution >= 4 is 40.6 Å². The summed E-state index contributed by atoms with van der Waals surface area (Å²) in [4.78, 5) is 28.2. The van der Waals surface area contributed by atoms with E-state index in [9.17, 15) is 9.59 Å². The Hall–Kier alpha value is -2.77. The number of nitrogens with zero attached hydrogens (tertiary/aromatic N) is 3. The Balaban J connectivity index is 2.15. The highest BCUT2D eigenvalue weighted by molar-refractivity contribution is 7.03. The molecule has 1 atom stereocenters. The summed E-state index contributed by atoms with van der Waals surface area (Å²) in [6.45, 7) is 5.68. The minimum atomic E-state index is -0.897. The van der Waals surface area contributed by atoms with Gasteiger partial charge in [-0.25, -0.2) is 0 Å². The molecule has 1 unspecified atom stereocenters. The zero-order valence-electron chi connectivity index (χ0n) is 16.3. The third-order valence-corrected chi connectivity index (χ3v) is 4.78. The number of benzene rings is 2. The number of carbonyl (C=O) groups is 2. The Bertz CT molecular complexity index is 970. The Morgan fingerprint density at radius 2 is 1.72 bits per heavy atom. The third kappa shape index (κ3) is 5.19. The molecule has 3 aromatic rings. The summed E-state index contributed by atoms with van der Waals surface area (Å²) in [6, 6.07) is 15.1. The second-order valence-electron chi connectivity index (χ2n) is 7.49. The molecule has 0 aliphatic heterocycles. The van der Waals surface area contributed by atoms with Gasteiger partial charge >= 0.3 is 0 Å². The summed E-state index contributed by atoms with van der Waals surface area (Å²) in [5.41, 5.74) is 0.918. The lowest BCUT2D eigenvalue weighted by molar-refractivity contribution is -0.123. The van der Waals surface area contributed by atoms with Crippen molar-refractivity contribution < 1.29 is 9.59 Å². The smallest absolute Gasteiger partial charge is 0.280 e. The van der Waals surface area contributed by atoms with Gasteiger partial charge < -0.3 is 5.32 Å². The van der Waals surface area contributed by atoms with Gasteiger partial charge in [0.25, 0.3) is 5.91 Å². The predicted molar refractivity (Wildman–Crippen MR) is 115 cm³/mol. The monoisotopic (exact) mass is 428 g/mol. The molecule has 2 aromatic carbocycles. The lowest BCUT2D eigenvalue weighted by Crippen LogP contribution is -2.49. The molecule has 0 saturated heterocycles. The molecule has 1 aromatic heterocycles. The normalized spacial score (nSPS) is 12.3. The number of nitrogens with one attached hydrogen (secondary N) is 1. The molecule has 0 saturated carbocycles. The lowest BCUT2D eigenvalue weighted by atomic mass is 10.0. The first-order valence-corrected chi connectivity index (χ1v) is 10.2. The van der Waals surface area contributed by atoms with E-state index < -0.39 is 17.5 Å². The van der Waals surface area contributed by atoms with E-state index in [4.69, 9.17) is 11.6 Å². The summed E-state index contributed by atoms with van der Waals surface area (Å²) in [6.07, 6.45) is 0. The third-order valence-electron chi connectivity index (χ3n) is 4.02. The molecule has 0 aliphatic rings. The van der Waals surface area contributed by atoms with Gasteiger partial charge in [0.15, 0.2) is 5.69 Å². The standard InChI is InChI=1S/C21H21ClN4O2S/c1-21(2,3)23-19(27)18(14-7-5-4-6-8-14)26(16-11-9-15(22)10-12-16)20(28)17-13-29-25-24-17/h4-13,18H,1-3H3,(H,23,27). The van der Waals surface area contributed by atoms with Gasteiger partial charge in [-0.1, -0.05) is 46.4 Å². The summed E-state index contributed by atoms with van der Waals surface area (Å²) in [5, 5.41) is 9.00. The van der Waals surface area contributed by atoms with E-state index in [1.54, 1.807) is 29.6 Å². The van der Waals surface area contributed by atoms with Crippen LogP contribution in [0.5, 0.6) is 0 Å². The molecular weight excluding hydrogens is 408 g/mol. The highest BCUT2D eigenvalue weighted by Gasteiger charge is 2.35. The maximum atomic E-state index is 13.4. The number of rotatable bonds is 5. The van der Waals surface area contributed by atoms with Crippen LogP contribution in [0.4, 0.5) is 5.69 Å². The average Bonchev–Trinajstić information content (AvgIpc) is 3.20. The Morgan fingerprint density at radius 1 is 1.07 bits per heavy atom. The van der Waals surface area contributed by atoms with Crippen molar-refractivity contribution in [3.05, 3.63) is 76.3 Å². The summed E-state index contributed by atoms with van der Waals surface area (Å²) >= 11 is 7.12. The van der Waals surface area contributed by atoms with Crippen LogP contribution in [0.1, 0.15) is 42.9 Å². The van der Waals surface area contributed by atoms with Gasteiger partial charge in [0.05, 0.1) is 0 Å². The van der Waals surface area contributed by atoms with Crippen LogP contribution < -0.4 is 10.2 Å². The SMILES string of the molecule is CC(C)(C)NC(=O)C(c1ccccc1)N(C(=O)c1csnn1)c1ccc(Cl)cc1. The van der Waals surface area contributed by atoms with E-state index in [-0.39, 0.29) is 11.6 Å². The number of carbonyl (C=O) groups excluding carboxylic acids is 2. The second kappa shape index (κ2) is 8.71. The Morgan fingerprint density at radius 3 is 2.28 bits per heavy atom. The van der Waals surface area contributed by atoms with Crippen molar-refractivity contribution in [3.8, 4) is 0 Å². The van der Waals surface area contributed by atoms with E-state index in [0.29, 0.717) is 16.3 Å². The molecule has 1 heterocycles. The predicted octanol–water partition coefficient (Wildman–Crippen LogP) is 4.49. The van der Waals surface area contributed by atoms with Crippen LogP contribution in [0.15, 0.2) is 60.0 Å². The van der Waals surface area contributed by atoms with Gasteiger partial charge in [-0.2, -0.15) is 0 Å². The summed E-state index contributed by atoms with van der Waals surface area (Å²) < 4.78 is 3.79. The van der Waals surface area contributed by atoms with Crippen molar-refractivity contribution in [1.29, 1.82) is 0 Å². The van der Waals surface area contributed by atoms with Crippen molar-refractivity contribution in [1.82, 2.24) is 14.9 Å². The molecular formula is C21H21ClN4O2S. The first-order valence-electron chi connectivity index (χ1n) is 8.99. The molecule has 29 heavy (non-hydrogen) atoms. The number of amides is 2. The first-order chi connectivity index (χ1) is 13.8. The van der Waals surface area contributed by atoms with Gasteiger partial charge in [-0.05, 0) is 62.1 Å². The molecule has 3 rings (SSSR count). The van der Waals surface area contributed by atoms with Crippen molar-refractivity contribution in [2.45, 2.75) is 32.4 Å². The molecule has 0 aliphatic carbocycles. The van der Waals surface area contributed by atoms with Gasteiger partial charge in [-0.3, -0.25) is 14.5 Å². The van der Waals surface area contributed by atoms with E-state index in [1.165, 1.54) is 4.90 Å². The number of aromatic nitrogens is 2. The van der Waals surface area contributed by atoms with Gasteiger partial charge in [0.2, 0.25) is 5.91 Å². The van der Waals surface area contributed by atoms with Crippen LogP contribution in [0.3, 0.4) is 0 Å². The van der Waals surface area contributed by atoms with Crippen LogP contribution in [-0.2, 0) is 4.79 Å². The average molecular weight is 429 g/mol. The molecule has 2 amide bonds. The fraction of sp³-hybridized carbons (Fsp3) is 0.238. The van der Waals surface area contributed by atoms with Gasteiger partial charge in [0, 0.05) is 21.6 Å². The van der Waals surface area contributed by atoms with Crippen LogP contribution >= 0.6 is 23.1 Å². The van der Waals surface area contributed by atoms with E-state index >= 15 is 0 Å². The number of anilines is 1. The van der Waals surface area contributed by atoms with Crippen LogP contribution in [0.2, 0.25) is 5.02 Å². The Labute approximate surface area is 178 Å². The summed E-state index contributed by atoms with van der Waals surface area (Å²) in [7, 11) is 0.